The van der Waals surface area contributed by atoms with Gasteiger partial charge in [0.25, 0.3) is 5.91 Å². The Morgan fingerprint density at radius 2 is 1.89 bits per heavy atom. The first-order chi connectivity index (χ1) is 13.2. The largest absolute Gasteiger partial charge is 0.452 e. The number of carbonyl (C=O) groups is 2. The fraction of sp³-hybridized carbons (Fsp3) is 0.421. The Hall–Kier alpha value is -3.23. The Labute approximate surface area is 162 Å². The zero-order chi connectivity index (χ0) is 20.8. The quantitative estimate of drug-likeness (QED) is 0.422. The third kappa shape index (κ3) is 5.38. The minimum Gasteiger partial charge on any atom is -0.452 e. The number of nitro groups is 1. The van der Waals surface area contributed by atoms with Crippen LogP contribution in [0.25, 0.3) is 0 Å². The SMILES string of the molecule is Cc1nn(Cc2ccc(C(=O)OCC(=O)NCC(C)C)cc2)c(C)c1[N+](=O)[O-]. The molecule has 28 heavy (non-hydrogen) atoms. The summed E-state index contributed by atoms with van der Waals surface area (Å²) in [5, 5.41) is 18.0. The molecule has 1 N–H and O–H groups in total. The normalized spacial score (nSPS) is 10.8. The van der Waals surface area contributed by atoms with Crippen LogP contribution in [0, 0.1) is 29.9 Å². The Morgan fingerprint density at radius 3 is 2.43 bits per heavy atom. The maximum Gasteiger partial charge on any atom is 0.338 e. The molecule has 0 saturated carbocycles. The number of nitrogens with one attached hydrogen (secondary N) is 1. The van der Waals surface area contributed by atoms with Crippen molar-refractivity contribution in [3.8, 4) is 0 Å². The number of nitrogens with zero attached hydrogens (tertiary/aromatic N) is 3. The highest BCUT2D eigenvalue weighted by molar-refractivity contribution is 5.91. The summed E-state index contributed by atoms with van der Waals surface area (Å²) in [5.74, 6) is -0.617. The highest BCUT2D eigenvalue weighted by atomic mass is 16.6. The highest BCUT2D eigenvalue weighted by Crippen LogP contribution is 2.22. The number of aryl methyl sites for hydroxylation is 1. The second-order valence-electron chi connectivity index (χ2n) is 6.91. The van der Waals surface area contributed by atoms with Crippen molar-refractivity contribution in [3.63, 3.8) is 0 Å². The van der Waals surface area contributed by atoms with E-state index in [2.05, 4.69) is 10.4 Å². The van der Waals surface area contributed by atoms with Crippen molar-refractivity contribution in [1.82, 2.24) is 15.1 Å². The zero-order valence-corrected chi connectivity index (χ0v) is 16.4. The van der Waals surface area contributed by atoms with Gasteiger partial charge >= 0.3 is 11.7 Å². The first-order valence-corrected chi connectivity index (χ1v) is 8.90. The zero-order valence-electron chi connectivity index (χ0n) is 16.4. The molecule has 1 aromatic heterocycles. The van der Waals surface area contributed by atoms with Crippen LogP contribution in [0.15, 0.2) is 24.3 Å². The molecule has 2 aromatic rings. The van der Waals surface area contributed by atoms with Gasteiger partial charge in [0.05, 0.1) is 17.0 Å². The molecule has 0 unspecified atom stereocenters. The topological polar surface area (TPSA) is 116 Å². The summed E-state index contributed by atoms with van der Waals surface area (Å²) in [6, 6.07) is 6.61. The number of rotatable bonds is 8. The molecule has 1 amide bonds. The van der Waals surface area contributed by atoms with Gasteiger partial charge in [0, 0.05) is 6.54 Å². The number of esters is 1. The fourth-order valence-corrected chi connectivity index (χ4v) is 2.61. The Kier molecular flexibility index (Phi) is 6.86. The molecule has 0 atom stereocenters. The van der Waals surface area contributed by atoms with E-state index >= 15 is 0 Å². The fourth-order valence-electron chi connectivity index (χ4n) is 2.61. The maximum absolute atomic E-state index is 12.0. The number of hydrogen-bond acceptors (Lipinski definition) is 6. The van der Waals surface area contributed by atoms with Gasteiger partial charge in [-0.25, -0.2) is 4.79 Å². The summed E-state index contributed by atoms with van der Waals surface area (Å²) in [6.07, 6.45) is 0. The second kappa shape index (κ2) is 9.12. The molecular weight excluding hydrogens is 364 g/mol. The van der Waals surface area contributed by atoms with Crippen LogP contribution in [0.5, 0.6) is 0 Å². The van der Waals surface area contributed by atoms with Crippen LogP contribution in [0.2, 0.25) is 0 Å². The lowest BCUT2D eigenvalue weighted by molar-refractivity contribution is -0.386. The van der Waals surface area contributed by atoms with Crippen LogP contribution in [0.4, 0.5) is 5.69 Å². The van der Waals surface area contributed by atoms with Crippen LogP contribution in [0.3, 0.4) is 0 Å². The van der Waals surface area contributed by atoms with Crippen molar-refractivity contribution in [2.24, 2.45) is 5.92 Å². The molecule has 0 aliphatic carbocycles. The van der Waals surface area contributed by atoms with Gasteiger partial charge in [0.2, 0.25) is 0 Å². The average Bonchev–Trinajstić information content (AvgIpc) is 2.91. The monoisotopic (exact) mass is 388 g/mol. The summed E-state index contributed by atoms with van der Waals surface area (Å²) in [7, 11) is 0. The van der Waals surface area contributed by atoms with E-state index in [0.717, 1.165) is 5.56 Å². The summed E-state index contributed by atoms with van der Waals surface area (Å²) < 4.78 is 6.56. The molecule has 2 rings (SSSR count). The molecule has 150 valence electrons. The first kappa shape index (κ1) is 21.1. The van der Waals surface area contributed by atoms with Gasteiger partial charge in [0.1, 0.15) is 11.4 Å². The van der Waals surface area contributed by atoms with Crippen LogP contribution < -0.4 is 5.32 Å². The van der Waals surface area contributed by atoms with E-state index in [1.165, 1.54) is 0 Å². The lowest BCUT2D eigenvalue weighted by Crippen LogP contribution is -2.31. The van der Waals surface area contributed by atoms with Gasteiger partial charge in [0.15, 0.2) is 6.61 Å². The maximum atomic E-state index is 12.0. The summed E-state index contributed by atoms with van der Waals surface area (Å²) in [4.78, 5) is 34.3. The second-order valence-corrected chi connectivity index (χ2v) is 6.91. The van der Waals surface area contributed by atoms with Crippen LogP contribution in [0.1, 0.15) is 41.2 Å². The number of benzene rings is 1. The smallest absolute Gasteiger partial charge is 0.338 e. The molecule has 0 aliphatic rings. The van der Waals surface area contributed by atoms with Crippen molar-refractivity contribution in [2.45, 2.75) is 34.2 Å². The third-order valence-electron chi connectivity index (χ3n) is 4.09. The van der Waals surface area contributed by atoms with E-state index in [4.69, 9.17) is 4.74 Å². The molecule has 9 nitrogen and oxygen atoms in total. The summed E-state index contributed by atoms with van der Waals surface area (Å²) in [6.45, 7) is 7.72. The number of amides is 1. The van der Waals surface area contributed by atoms with E-state index in [1.807, 2.05) is 13.8 Å². The predicted octanol–water partition coefficient (Wildman–Crippen LogP) is 2.39. The van der Waals surface area contributed by atoms with Crippen molar-refractivity contribution >= 4 is 17.6 Å². The van der Waals surface area contributed by atoms with Crippen molar-refractivity contribution < 1.29 is 19.2 Å². The molecule has 0 bridgehead atoms. The standard InChI is InChI=1S/C19H24N4O5/c1-12(2)9-20-17(24)11-28-19(25)16-7-5-15(6-8-16)10-22-14(4)18(23(26)27)13(3)21-22/h5-8,12H,9-11H2,1-4H3,(H,20,24). The van der Waals surface area contributed by atoms with E-state index < -0.39 is 10.9 Å². The van der Waals surface area contributed by atoms with E-state index in [-0.39, 0.29) is 18.2 Å². The van der Waals surface area contributed by atoms with Crippen molar-refractivity contribution in [1.29, 1.82) is 0 Å². The molecule has 0 aliphatic heterocycles. The molecule has 0 fully saturated rings. The van der Waals surface area contributed by atoms with E-state index in [9.17, 15) is 19.7 Å². The number of hydrogen-bond donors (Lipinski definition) is 1. The number of carbonyl (C=O) groups excluding carboxylic acids is 2. The Morgan fingerprint density at radius 1 is 1.25 bits per heavy atom. The van der Waals surface area contributed by atoms with Gasteiger partial charge < -0.3 is 10.1 Å². The molecule has 0 radical (unpaired) electrons. The molecule has 0 saturated heterocycles. The minimum atomic E-state index is -0.590. The van der Waals surface area contributed by atoms with Crippen molar-refractivity contribution in [3.05, 3.63) is 56.9 Å². The van der Waals surface area contributed by atoms with E-state index in [0.29, 0.717) is 36.0 Å². The van der Waals surface area contributed by atoms with Gasteiger partial charge in [-0.2, -0.15) is 5.10 Å². The molecule has 1 aromatic carbocycles. The first-order valence-electron chi connectivity index (χ1n) is 8.90. The minimum absolute atomic E-state index is 0.0101. The average molecular weight is 388 g/mol. The van der Waals surface area contributed by atoms with Crippen molar-refractivity contribution in [2.75, 3.05) is 13.2 Å². The lowest BCUT2D eigenvalue weighted by atomic mass is 10.1. The highest BCUT2D eigenvalue weighted by Gasteiger charge is 2.21. The lowest BCUT2D eigenvalue weighted by Gasteiger charge is -2.09. The van der Waals surface area contributed by atoms with Crippen LogP contribution in [-0.2, 0) is 16.1 Å². The van der Waals surface area contributed by atoms with Gasteiger partial charge in [-0.3, -0.25) is 19.6 Å². The Bertz CT molecular complexity index is 871. The number of ether oxygens (including phenoxy) is 1. The molecule has 9 heteroatoms. The number of aromatic nitrogens is 2. The molecule has 1 heterocycles. The molecule has 0 spiro atoms. The predicted molar refractivity (Wildman–Crippen MR) is 102 cm³/mol. The Balaban J connectivity index is 1.96. The third-order valence-corrected chi connectivity index (χ3v) is 4.09. The summed E-state index contributed by atoms with van der Waals surface area (Å²) >= 11 is 0. The summed E-state index contributed by atoms with van der Waals surface area (Å²) in [5.41, 5.74) is 1.99. The van der Waals surface area contributed by atoms with E-state index in [1.54, 1.807) is 42.8 Å². The molecular formula is C19H24N4O5. The van der Waals surface area contributed by atoms with Gasteiger partial charge in [-0.1, -0.05) is 26.0 Å². The van der Waals surface area contributed by atoms with Gasteiger partial charge in [-0.15, -0.1) is 0 Å². The van der Waals surface area contributed by atoms with Crippen LogP contribution in [-0.4, -0.2) is 39.7 Å². The van der Waals surface area contributed by atoms with Crippen LogP contribution >= 0.6 is 0 Å². The van der Waals surface area contributed by atoms with Gasteiger partial charge in [-0.05, 0) is 37.5 Å².